The first-order chi connectivity index (χ1) is 13.1. The molecule has 8 heteroatoms. The van der Waals surface area contributed by atoms with Crippen LogP contribution in [0.25, 0.3) is 0 Å². The summed E-state index contributed by atoms with van der Waals surface area (Å²) in [5.41, 5.74) is 8.52. The second-order valence-corrected chi connectivity index (χ2v) is 6.46. The van der Waals surface area contributed by atoms with Crippen LogP contribution in [0.4, 0.5) is 28.7 Å². The zero-order valence-electron chi connectivity index (χ0n) is 14.6. The molecule has 0 saturated heterocycles. The number of hydrogen-bond acceptors (Lipinski definition) is 7. The first-order valence-electron chi connectivity index (χ1n) is 8.24. The minimum absolute atomic E-state index is 0.319. The number of nitrogens with zero attached hydrogens (tertiary/aromatic N) is 2. The molecule has 3 rings (SSSR count). The molecule has 0 unspecified atom stereocenters. The summed E-state index contributed by atoms with van der Waals surface area (Å²) in [4.78, 5) is 20.3. The van der Waals surface area contributed by atoms with Gasteiger partial charge in [-0.1, -0.05) is 28.1 Å². The van der Waals surface area contributed by atoms with Gasteiger partial charge < -0.3 is 21.1 Å². The molecule has 0 bridgehead atoms. The maximum Gasteiger partial charge on any atom is 0.338 e. The van der Waals surface area contributed by atoms with Crippen molar-refractivity contribution in [2.45, 2.75) is 6.92 Å². The van der Waals surface area contributed by atoms with Crippen molar-refractivity contribution in [1.82, 2.24) is 9.97 Å². The summed E-state index contributed by atoms with van der Waals surface area (Å²) in [5, 5.41) is 6.28. The maximum atomic E-state index is 11.9. The summed E-state index contributed by atoms with van der Waals surface area (Å²) < 4.78 is 5.96. The molecule has 1 heterocycles. The van der Waals surface area contributed by atoms with Crippen LogP contribution in [0.3, 0.4) is 0 Å². The fourth-order valence-electron chi connectivity index (χ4n) is 2.37. The molecule has 0 aliphatic rings. The van der Waals surface area contributed by atoms with Gasteiger partial charge in [0.2, 0.25) is 0 Å². The zero-order valence-corrected chi connectivity index (χ0v) is 16.2. The number of esters is 1. The minimum Gasteiger partial charge on any atom is -0.462 e. The molecule has 0 atom stereocenters. The number of aromatic nitrogens is 2. The van der Waals surface area contributed by atoms with Crippen molar-refractivity contribution in [3.63, 3.8) is 0 Å². The number of ether oxygens (including phenoxy) is 1. The van der Waals surface area contributed by atoms with E-state index in [4.69, 9.17) is 10.5 Å². The van der Waals surface area contributed by atoms with Crippen LogP contribution in [-0.2, 0) is 4.74 Å². The van der Waals surface area contributed by atoms with Crippen LogP contribution < -0.4 is 16.4 Å². The van der Waals surface area contributed by atoms with Gasteiger partial charge in [0, 0.05) is 15.8 Å². The molecule has 0 saturated carbocycles. The van der Waals surface area contributed by atoms with Gasteiger partial charge in [-0.05, 0) is 43.3 Å². The first-order valence-corrected chi connectivity index (χ1v) is 9.03. The summed E-state index contributed by atoms with van der Waals surface area (Å²) in [5.74, 6) is 0.532. The van der Waals surface area contributed by atoms with E-state index in [2.05, 4.69) is 36.5 Å². The summed E-state index contributed by atoms with van der Waals surface area (Å²) in [6, 6.07) is 14.6. The SMILES string of the molecule is CCOC(=O)c1cccc(Nc2ncnc(Nc3cccc(Br)c3)c2N)c1. The smallest absolute Gasteiger partial charge is 0.338 e. The van der Waals surface area contributed by atoms with E-state index in [1.807, 2.05) is 30.3 Å². The fraction of sp³-hybridized carbons (Fsp3) is 0.105. The molecular weight excluding hydrogens is 410 g/mol. The predicted octanol–water partition coefficient (Wildman–Crippen LogP) is 4.49. The second kappa shape index (κ2) is 8.50. The highest BCUT2D eigenvalue weighted by Crippen LogP contribution is 2.29. The molecule has 0 aliphatic carbocycles. The molecule has 0 fully saturated rings. The van der Waals surface area contributed by atoms with Gasteiger partial charge in [0.05, 0.1) is 12.2 Å². The Labute approximate surface area is 165 Å². The zero-order chi connectivity index (χ0) is 19.2. The summed E-state index contributed by atoms with van der Waals surface area (Å²) in [6.45, 7) is 2.08. The number of anilines is 5. The molecular formula is C19H18BrN5O2. The van der Waals surface area contributed by atoms with Gasteiger partial charge in [-0.15, -0.1) is 0 Å². The van der Waals surface area contributed by atoms with Crippen molar-refractivity contribution >= 4 is 50.6 Å². The monoisotopic (exact) mass is 427 g/mol. The Morgan fingerprint density at radius 3 is 2.33 bits per heavy atom. The van der Waals surface area contributed by atoms with Crippen LogP contribution in [0.15, 0.2) is 59.3 Å². The average Bonchev–Trinajstić information content (AvgIpc) is 2.65. The van der Waals surface area contributed by atoms with Crippen molar-refractivity contribution in [3.05, 3.63) is 64.9 Å². The number of halogens is 1. The Kier molecular flexibility index (Phi) is 5.87. The molecule has 0 spiro atoms. The van der Waals surface area contributed by atoms with Gasteiger partial charge in [0.15, 0.2) is 11.6 Å². The van der Waals surface area contributed by atoms with Crippen LogP contribution in [0.2, 0.25) is 0 Å². The van der Waals surface area contributed by atoms with Gasteiger partial charge in [0.25, 0.3) is 0 Å². The lowest BCUT2D eigenvalue weighted by atomic mass is 10.2. The molecule has 0 radical (unpaired) electrons. The highest BCUT2D eigenvalue weighted by Gasteiger charge is 2.11. The molecule has 4 N–H and O–H groups in total. The normalized spacial score (nSPS) is 10.3. The highest BCUT2D eigenvalue weighted by molar-refractivity contribution is 9.10. The topological polar surface area (TPSA) is 102 Å². The third-order valence-corrected chi connectivity index (χ3v) is 4.10. The number of nitrogens with one attached hydrogen (secondary N) is 2. The van der Waals surface area contributed by atoms with Crippen molar-refractivity contribution < 1.29 is 9.53 Å². The first kappa shape index (κ1) is 18.7. The van der Waals surface area contributed by atoms with Crippen molar-refractivity contribution in [2.24, 2.45) is 0 Å². The van der Waals surface area contributed by atoms with Crippen LogP contribution in [0.1, 0.15) is 17.3 Å². The largest absolute Gasteiger partial charge is 0.462 e. The molecule has 3 aromatic rings. The van der Waals surface area contributed by atoms with E-state index in [9.17, 15) is 4.79 Å². The number of nitrogen functional groups attached to an aromatic ring is 1. The van der Waals surface area contributed by atoms with Crippen molar-refractivity contribution in [2.75, 3.05) is 23.0 Å². The molecule has 27 heavy (non-hydrogen) atoms. The third-order valence-electron chi connectivity index (χ3n) is 3.61. The number of benzene rings is 2. The summed E-state index contributed by atoms with van der Waals surface area (Å²) in [7, 11) is 0. The Morgan fingerprint density at radius 2 is 1.70 bits per heavy atom. The second-order valence-electron chi connectivity index (χ2n) is 5.55. The standard InChI is InChI=1S/C19H18BrN5O2/c1-2-27-19(26)12-5-3-7-14(9-12)24-17-16(21)18(23-11-22-17)25-15-8-4-6-13(20)10-15/h3-11H,2,21H2,1H3,(H2,22,23,24,25). The van der Waals surface area contributed by atoms with Crippen molar-refractivity contribution in [1.29, 1.82) is 0 Å². The van der Waals surface area contributed by atoms with Crippen LogP contribution in [-0.4, -0.2) is 22.5 Å². The highest BCUT2D eigenvalue weighted by atomic mass is 79.9. The maximum absolute atomic E-state index is 11.9. The lowest BCUT2D eigenvalue weighted by Gasteiger charge is -2.13. The van der Waals surface area contributed by atoms with E-state index in [0.29, 0.717) is 35.2 Å². The molecule has 0 aliphatic heterocycles. The third kappa shape index (κ3) is 4.73. The Hall–Kier alpha value is -3.13. The van der Waals surface area contributed by atoms with E-state index in [1.165, 1.54) is 6.33 Å². The van der Waals surface area contributed by atoms with Crippen LogP contribution in [0.5, 0.6) is 0 Å². The molecule has 1 aromatic heterocycles. The number of nitrogens with two attached hydrogens (primary N) is 1. The molecule has 2 aromatic carbocycles. The number of rotatable bonds is 6. The van der Waals surface area contributed by atoms with Crippen molar-refractivity contribution in [3.8, 4) is 0 Å². The molecule has 7 nitrogen and oxygen atoms in total. The van der Waals surface area contributed by atoms with Gasteiger partial charge in [-0.2, -0.15) is 0 Å². The Morgan fingerprint density at radius 1 is 1.07 bits per heavy atom. The van der Waals surface area contributed by atoms with E-state index in [0.717, 1.165) is 10.2 Å². The number of carbonyl (C=O) groups excluding carboxylic acids is 1. The molecule has 0 amide bonds. The van der Waals surface area contributed by atoms with Gasteiger partial charge in [-0.25, -0.2) is 14.8 Å². The summed E-state index contributed by atoms with van der Waals surface area (Å²) in [6.07, 6.45) is 1.41. The van der Waals surface area contributed by atoms with Gasteiger partial charge in [-0.3, -0.25) is 0 Å². The van der Waals surface area contributed by atoms with Gasteiger partial charge >= 0.3 is 5.97 Å². The van der Waals surface area contributed by atoms with E-state index in [1.54, 1.807) is 25.1 Å². The Balaban J connectivity index is 1.82. The van der Waals surface area contributed by atoms with Crippen LogP contribution in [0, 0.1) is 0 Å². The lowest BCUT2D eigenvalue weighted by Crippen LogP contribution is -2.07. The quantitative estimate of drug-likeness (QED) is 0.498. The van der Waals surface area contributed by atoms with E-state index >= 15 is 0 Å². The number of carbonyl (C=O) groups is 1. The summed E-state index contributed by atoms with van der Waals surface area (Å²) >= 11 is 3.43. The Bertz CT molecular complexity index is 964. The van der Waals surface area contributed by atoms with E-state index < -0.39 is 0 Å². The van der Waals surface area contributed by atoms with Gasteiger partial charge in [0.1, 0.15) is 12.0 Å². The fourth-order valence-corrected chi connectivity index (χ4v) is 2.77. The minimum atomic E-state index is -0.381. The lowest BCUT2D eigenvalue weighted by molar-refractivity contribution is 0.0526. The van der Waals surface area contributed by atoms with Crippen LogP contribution >= 0.6 is 15.9 Å². The van der Waals surface area contributed by atoms with E-state index in [-0.39, 0.29) is 5.97 Å². The predicted molar refractivity (Wildman–Crippen MR) is 110 cm³/mol. The molecule has 138 valence electrons. The average molecular weight is 428 g/mol. The number of hydrogen-bond donors (Lipinski definition) is 3.